The highest BCUT2D eigenvalue weighted by Crippen LogP contribution is 2.24. The first-order valence-corrected chi connectivity index (χ1v) is 6.72. The third kappa shape index (κ3) is 3.57. The van der Waals surface area contributed by atoms with Crippen molar-refractivity contribution in [1.82, 2.24) is 0 Å². The van der Waals surface area contributed by atoms with E-state index in [4.69, 9.17) is 0 Å². The first-order chi connectivity index (χ1) is 9.86. The molecule has 0 radical (unpaired) electrons. The molecule has 0 aliphatic heterocycles. The van der Waals surface area contributed by atoms with Crippen LogP contribution in [0.25, 0.3) is 0 Å². The molecule has 7 heteroatoms. The molecule has 0 aromatic heterocycles. The van der Waals surface area contributed by atoms with Crippen LogP contribution in [0, 0.1) is 17.0 Å². The van der Waals surface area contributed by atoms with Crippen molar-refractivity contribution in [3.8, 4) is 5.75 Å². The van der Waals surface area contributed by atoms with Crippen LogP contribution >= 0.6 is 15.9 Å². The van der Waals surface area contributed by atoms with Gasteiger partial charge in [0.15, 0.2) is 0 Å². The third-order valence-corrected chi connectivity index (χ3v) is 3.27. The number of hydrogen-bond acceptors (Lipinski definition) is 4. The van der Waals surface area contributed by atoms with Crippen LogP contribution in [-0.2, 0) is 0 Å². The highest BCUT2D eigenvalue weighted by atomic mass is 79.9. The molecular formula is C14H11BrN2O4. The van der Waals surface area contributed by atoms with Gasteiger partial charge in [0.1, 0.15) is 5.75 Å². The molecule has 0 aliphatic carbocycles. The molecule has 2 rings (SSSR count). The number of non-ortho nitro benzene ring substituents is 1. The van der Waals surface area contributed by atoms with Crippen molar-refractivity contribution in [3.05, 3.63) is 62.1 Å². The van der Waals surface area contributed by atoms with Crippen LogP contribution in [0.5, 0.6) is 5.75 Å². The minimum Gasteiger partial charge on any atom is -0.508 e. The van der Waals surface area contributed by atoms with Gasteiger partial charge < -0.3 is 10.4 Å². The molecule has 108 valence electrons. The minimum atomic E-state index is -0.563. The molecule has 21 heavy (non-hydrogen) atoms. The number of benzene rings is 2. The fourth-order valence-electron chi connectivity index (χ4n) is 1.75. The van der Waals surface area contributed by atoms with Crippen LogP contribution in [0.3, 0.4) is 0 Å². The monoisotopic (exact) mass is 350 g/mol. The fraction of sp³-hybridized carbons (Fsp3) is 0.0714. The first-order valence-electron chi connectivity index (χ1n) is 5.93. The van der Waals surface area contributed by atoms with Crippen LogP contribution in [0.2, 0.25) is 0 Å². The van der Waals surface area contributed by atoms with Gasteiger partial charge in [-0.05, 0) is 36.8 Å². The molecule has 0 unspecified atom stereocenters. The summed E-state index contributed by atoms with van der Waals surface area (Å²) in [5, 5.41) is 22.9. The number of nitro benzene ring substituents is 1. The van der Waals surface area contributed by atoms with Gasteiger partial charge in [-0.15, -0.1) is 0 Å². The summed E-state index contributed by atoms with van der Waals surface area (Å²) in [6.07, 6.45) is 0. The van der Waals surface area contributed by atoms with Gasteiger partial charge in [-0.3, -0.25) is 14.9 Å². The summed E-state index contributed by atoms with van der Waals surface area (Å²) < 4.78 is 0.448. The van der Waals surface area contributed by atoms with Gasteiger partial charge in [0.05, 0.1) is 4.92 Å². The average molecular weight is 351 g/mol. The van der Waals surface area contributed by atoms with Crippen molar-refractivity contribution in [2.45, 2.75) is 6.92 Å². The number of hydrogen-bond donors (Lipinski definition) is 2. The van der Waals surface area contributed by atoms with E-state index in [1.54, 1.807) is 19.1 Å². The zero-order valence-electron chi connectivity index (χ0n) is 11.0. The Bertz CT molecular complexity index is 731. The number of aryl methyl sites for hydroxylation is 1. The molecule has 0 heterocycles. The lowest BCUT2D eigenvalue weighted by molar-refractivity contribution is -0.384. The minimum absolute atomic E-state index is 0.131. The Morgan fingerprint density at radius 2 is 2.00 bits per heavy atom. The molecule has 0 fully saturated rings. The number of anilines is 1. The Morgan fingerprint density at radius 3 is 2.62 bits per heavy atom. The summed E-state index contributed by atoms with van der Waals surface area (Å²) in [7, 11) is 0. The summed E-state index contributed by atoms with van der Waals surface area (Å²) >= 11 is 3.14. The second kappa shape index (κ2) is 5.92. The highest BCUT2D eigenvalue weighted by Gasteiger charge is 2.14. The molecule has 0 bridgehead atoms. The molecule has 0 saturated carbocycles. The number of nitrogens with zero attached hydrogens (tertiary/aromatic N) is 1. The molecule has 1 amide bonds. The van der Waals surface area contributed by atoms with Crippen LogP contribution < -0.4 is 5.32 Å². The SMILES string of the molecule is Cc1cc(NC(=O)c2cc(Br)cc([N+](=O)[O-])c2)ccc1O. The predicted molar refractivity (Wildman–Crippen MR) is 81.6 cm³/mol. The Hall–Kier alpha value is -2.41. The number of carbonyl (C=O) groups is 1. The van der Waals surface area contributed by atoms with Gasteiger partial charge in [0.2, 0.25) is 0 Å². The van der Waals surface area contributed by atoms with Gasteiger partial charge in [-0.2, -0.15) is 0 Å². The summed E-state index contributed by atoms with van der Waals surface area (Å²) in [5.74, 6) is -0.337. The molecule has 0 aliphatic rings. The number of phenolic OH excluding ortho intramolecular Hbond substituents is 1. The number of amides is 1. The predicted octanol–water partition coefficient (Wildman–Crippen LogP) is 3.62. The zero-order chi connectivity index (χ0) is 15.6. The lowest BCUT2D eigenvalue weighted by Crippen LogP contribution is -2.12. The van der Waals surface area contributed by atoms with Crippen LogP contribution in [0.1, 0.15) is 15.9 Å². The van der Waals surface area contributed by atoms with Crippen molar-refractivity contribution >= 4 is 33.2 Å². The normalized spacial score (nSPS) is 10.2. The van der Waals surface area contributed by atoms with E-state index >= 15 is 0 Å². The van der Waals surface area contributed by atoms with E-state index in [0.717, 1.165) is 0 Å². The smallest absolute Gasteiger partial charge is 0.271 e. The highest BCUT2D eigenvalue weighted by molar-refractivity contribution is 9.10. The van der Waals surface area contributed by atoms with Crippen molar-refractivity contribution in [2.24, 2.45) is 0 Å². The van der Waals surface area contributed by atoms with Gasteiger partial charge in [-0.1, -0.05) is 15.9 Å². The summed E-state index contributed by atoms with van der Waals surface area (Å²) in [5.41, 5.74) is 1.11. The third-order valence-electron chi connectivity index (χ3n) is 2.81. The van der Waals surface area contributed by atoms with Crippen molar-refractivity contribution < 1.29 is 14.8 Å². The summed E-state index contributed by atoms with van der Waals surface area (Å²) in [6, 6.07) is 8.64. The van der Waals surface area contributed by atoms with E-state index < -0.39 is 10.8 Å². The van der Waals surface area contributed by atoms with Crippen molar-refractivity contribution in [3.63, 3.8) is 0 Å². The molecule has 6 nitrogen and oxygen atoms in total. The maximum absolute atomic E-state index is 12.1. The van der Waals surface area contributed by atoms with Crippen molar-refractivity contribution in [1.29, 1.82) is 0 Å². The molecule has 2 N–H and O–H groups in total. The van der Waals surface area contributed by atoms with Crippen LogP contribution in [0.15, 0.2) is 40.9 Å². The lowest BCUT2D eigenvalue weighted by Gasteiger charge is -2.07. The first kappa shape index (κ1) is 15.0. The maximum atomic E-state index is 12.1. The van der Waals surface area contributed by atoms with Gasteiger partial charge in [-0.25, -0.2) is 0 Å². The zero-order valence-corrected chi connectivity index (χ0v) is 12.5. The lowest BCUT2D eigenvalue weighted by atomic mass is 10.1. The maximum Gasteiger partial charge on any atom is 0.271 e. The number of aromatic hydroxyl groups is 1. The number of halogens is 1. The molecule has 2 aromatic carbocycles. The Balaban J connectivity index is 2.27. The second-order valence-corrected chi connectivity index (χ2v) is 5.33. The number of phenols is 1. The van der Waals surface area contributed by atoms with E-state index in [-0.39, 0.29) is 17.0 Å². The standard InChI is InChI=1S/C14H11BrN2O4/c1-8-4-11(2-3-13(8)18)16-14(19)9-5-10(15)7-12(6-9)17(20)21/h2-7,18H,1H3,(H,16,19). The number of nitrogens with one attached hydrogen (secondary N) is 1. The van der Waals surface area contributed by atoms with E-state index in [0.29, 0.717) is 15.7 Å². The molecule has 0 atom stereocenters. The quantitative estimate of drug-likeness (QED) is 0.502. The van der Waals surface area contributed by atoms with Gasteiger partial charge >= 0.3 is 0 Å². The molecule has 2 aromatic rings. The average Bonchev–Trinajstić information content (AvgIpc) is 2.42. The van der Waals surface area contributed by atoms with E-state index in [1.807, 2.05) is 0 Å². The summed E-state index contributed by atoms with van der Waals surface area (Å²) in [6.45, 7) is 1.70. The van der Waals surface area contributed by atoms with Gasteiger partial charge in [0.25, 0.3) is 11.6 Å². The topological polar surface area (TPSA) is 92.5 Å². The van der Waals surface area contributed by atoms with E-state index in [1.165, 1.54) is 24.3 Å². The Kier molecular flexibility index (Phi) is 4.23. The van der Waals surface area contributed by atoms with Crippen LogP contribution in [-0.4, -0.2) is 15.9 Å². The Morgan fingerprint density at radius 1 is 1.29 bits per heavy atom. The number of carbonyl (C=O) groups excluding carboxylic acids is 1. The number of nitro groups is 1. The Labute approximate surface area is 128 Å². The molecule has 0 saturated heterocycles. The van der Waals surface area contributed by atoms with Crippen molar-refractivity contribution in [2.75, 3.05) is 5.32 Å². The van der Waals surface area contributed by atoms with E-state index in [2.05, 4.69) is 21.2 Å². The number of rotatable bonds is 3. The largest absolute Gasteiger partial charge is 0.508 e. The second-order valence-electron chi connectivity index (χ2n) is 4.41. The van der Waals surface area contributed by atoms with Crippen LogP contribution in [0.4, 0.5) is 11.4 Å². The van der Waals surface area contributed by atoms with Gasteiger partial charge in [0, 0.05) is 27.9 Å². The summed E-state index contributed by atoms with van der Waals surface area (Å²) in [4.78, 5) is 22.4. The molecule has 0 spiro atoms. The molecular weight excluding hydrogens is 340 g/mol. The fourth-order valence-corrected chi connectivity index (χ4v) is 2.23. The van der Waals surface area contributed by atoms with E-state index in [9.17, 15) is 20.0 Å².